The van der Waals surface area contributed by atoms with E-state index in [1.54, 1.807) is 0 Å². The normalized spacial score (nSPS) is 13.4. The predicted molar refractivity (Wildman–Crippen MR) is 52.6 cm³/mol. The molecule has 0 bridgehead atoms. The molecule has 0 atom stereocenters. The summed E-state index contributed by atoms with van der Waals surface area (Å²) in [5.41, 5.74) is 1.48. The third-order valence-corrected chi connectivity index (χ3v) is 1.72. The van der Waals surface area contributed by atoms with Crippen molar-refractivity contribution in [2.75, 3.05) is 0 Å². The second kappa shape index (κ2) is 6.21. The van der Waals surface area contributed by atoms with E-state index in [9.17, 15) is 0 Å². The van der Waals surface area contributed by atoms with Crippen LogP contribution in [-0.4, -0.2) is 0 Å². The van der Waals surface area contributed by atoms with Gasteiger partial charge in [0, 0.05) is 0 Å². The van der Waals surface area contributed by atoms with E-state index in [1.165, 1.54) is 18.4 Å². The summed E-state index contributed by atoms with van der Waals surface area (Å²) in [7, 11) is 0. The van der Waals surface area contributed by atoms with Crippen molar-refractivity contribution in [3.05, 3.63) is 23.8 Å². The summed E-state index contributed by atoms with van der Waals surface area (Å²) < 4.78 is 0. The highest BCUT2D eigenvalue weighted by molar-refractivity contribution is 4.98. The average molecular weight is 152 g/mol. The van der Waals surface area contributed by atoms with Crippen LogP contribution in [0.5, 0.6) is 0 Å². The SMILES string of the molecule is CC=C(C)CCC=CC(C)C. The third-order valence-electron chi connectivity index (χ3n) is 1.72. The Morgan fingerprint density at radius 3 is 2.45 bits per heavy atom. The van der Waals surface area contributed by atoms with Gasteiger partial charge in [0.2, 0.25) is 0 Å². The Hall–Kier alpha value is -0.520. The van der Waals surface area contributed by atoms with Crippen molar-refractivity contribution in [3.63, 3.8) is 0 Å². The molecule has 0 spiro atoms. The van der Waals surface area contributed by atoms with E-state index in [4.69, 9.17) is 0 Å². The van der Waals surface area contributed by atoms with Crippen LogP contribution in [0.15, 0.2) is 23.8 Å². The molecule has 0 aromatic rings. The lowest BCUT2D eigenvalue weighted by Gasteiger charge is -1.96. The molecular formula is C11H20. The smallest absolute Gasteiger partial charge is 0.0288 e. The van der Waals surface area contributed by atoms with Gasteiger partial charge in [-0.3, -0.25) is 0 Å². The Balaban J connectivity index is 3.42. The maximum absolute atomic E-state index is 2.28. The van der Waals surface area contributed by atoms with Crippen molar-refractivity contribution in [2.45, 2.75) is 40.5 Å². The quantitative estimate of drug-likeness (QED) is 0.535. The first-order valence-corrected chi connectivity index (χ1v) is 4.45. The Morgan fingerprint density at radius 1 is 1.36 bits per heavy atom. The zero-order valence-corrected chi connectivity index (χ0v) is 8.22. The van der Waals surface area contributed by atoms with Crippen LogP contribution < -0.4 is 0 Å². The van der Waals surface area contributed by atoms with Crippen molar-refractivity contribution < 1.29 is 0 Å². The molecule has 0 radical (unpaired) electrons. The lowest BCUT2D eigenvalue weighted by molar-refractivity contribution is 0.820. The van der Waals surface area contributed by atoms with Gasteiger partial charge in [0.1, 0.15) is 0 Å². The molecule has 0 heteroatoms. The molecule has 0 saturated carbocycles. The van der Waals surface area contributed by atoms with E-state index in [2.05, 4.69) is 45.9 Å². The molecule has 0 nitrogen and oxygen atoms in total. The van der Waals surface area contributed by atoms with Gasteiger partial charge < -0.3 is 0 Å². The fraction of sp³-hybridized carbons (Fsp3) is 0.636. The van der Waals surface area contributed by atoms with Gasteiger partial charge in [0.25, 0.3) is 0 Å². The Kier molecular flexibility index (Phi) is 5.91. The van der Waals surface area contributed by atoms with Crippen LogP contribution in [0.3, 0.4) is 0 Å². The lowest BCUT2D eigenvalue weighted by atomic mass is 10.1. The minimum Gasteiger partial charge on any atom is -0.0887 e. The maximum Gasteiger partial charge on any atom is -0.0288 e. The third kappa shape index (κ3) is 7.38. The van der Waals surface area contributed by atoms with Crippen LogP contribution in [0.4, 0.5) is 0 Å². The van der Waals surface area contributed by atoms with Gasteiger partial charge in [-0.15, -0.1) is 0 Å². The molecule has 0 aliphatic heterocycles. The van der Waals surface area contributed by atoms with Gasteiger partial charge in [-0.2, -0.15) is 0 Å². The number of hydrogen-bond acceptors (Lipinski definition) is 0. The van der Waals surface area contributed by atoms with Crippen LogP contribution in [0.2, 0.25) is 0 Å². The monoisotopic (exact) mass is 152 g/mol. The molecule has 0 rings (SSSR count). The molecule has 11 heavy (non-hydrogen) atoms. The zero-order chi connectivity index (χ0) is 8.69. The fourth-order valence-electron chi connectivity index (χ4n) is 0.824. The van der Waals surface area contributed by atoms with Crippen molar-refractivity contribution in [1.29, 1.82) is 0 Å². The minimum atomic E-state index is 0.695. The highest BCUT2D eigenvalue weighted by Gasteiger charge is 1.86. The summed E-state index contributed by atoms with van der Waals surface area (Å²) in [6.45, 7) is 8.70. The number of hydrogen-bond donors (Lipinski definition) is 0. The van der Waals surface area contributed by atoms with Crippen LogP contribution in [-0.2, 0) is 0 Å². The highest BCUT2D eigenvalue weighted by Crippen LogP contribution is 2.05. The van der Waals surface area contributed by atoms with E-state index in [0.29, 0.717) is 5.92 Å². The van der Waals surface area contributed by atoms with Gasteiger partial charge in [-0.25, -0.2) is 0 Å². The van der Waals surface area contributed by atoms with Gasteiger partial charge >= 0.3 is 0 Å². The second-order valence-electron chi connectivity index (χ2n) is 3.35. The summed E-state index contributed by atoms with van der Waals surface area (Å²) in [6.07, 6.45) is 9.12. The minimum absolute atomic E-state index is 0.695. The van der Waals surface area contributed by atoms with Crippen molar-refractivity contribution in [1.82, 2.24) is 0 Å². The second-order valence-corrected chi connectivity index (χ2v) is 3.35. The van der Waals surface area contributed by atoms with E-state index in [-0.39, 0.29) is 0 Å². The molecular weight excluding hydrogens is 132 g/mol. The van der Waals surface area contributed by atoms with Gasteiger partial charge in [0.15, 0.2) is 0 Å². The molecule has 64 valence electrons. The average Bonchev–Trinajstić information content (AvgIpc) is 1.97. The van der Waals surface area contributed by atoms with Crippen molar-refractivity contribution >= 4 is 0 Å². The zero-order valence-electron chi connectivity index (χ0n) is 8.22. The summed E-state index contributed by atoms with van der Waals surface area (Å²) in [5, 5.41) is 0. The Labute approximate surface area is 71.0 Å². The van der Waals surface area contributed by atoms with E-state index >= 15 is 0 Å². The van der Waals surface area contributed by atoms with Gasteiger partial charge in [-0.05, 0) is 32.6 Å². The summed E-state index contributed by atoms with van der Waals surface area (Å²) in [6, 6.07) is 0. The number of allylic oxidation sites excluding steroid dienone is 4. The van der Waals surface area contributed by atoms with E-state index in [1.807, 2.05) is 0 Å². The Morgan fingerprint density at radius 2 is 2.00 bits per heavy atom. The van der Waals surface area contributed by atoms with Crippen molar-refractivity contribution in [3.8, 4) is 0 Å². The standard InChI is InChI=1S/C11H20/c1-5-11(4)9-7-6-8-10(2)3/h5-6,8,10H,7,9H2,1-4H3. The number of rotatable bonds is 4. The molecule has 0 aliphatic rings. The van der Waals surface area contributed by atoms with Crippen LogP contribution in [0.25, 0.3) is 0 Å². The molecule has 0 heterocycles. The molecule has 0 unspecified atom stereocenters. The van der Waals surface area contributed by atoms with E-state index in [0.717, 1.165) is 0 Å². The first kappa shape index (κ1) is 10.5. The van der Waals surface area contributed by atoms with Crippen LogP contribution in [0.1, 0.15) is 40.5 Å². The molecule has 0 amide bonds. The largest absolute Gasteiger partial charge is 0.0887 e. The molecule has 0 aromatic heterocycles. The fourth-order valence-corrected chi connectivity index (χ4v) is 0.824. The maximum atomic E-state index is 2.28. The van der Waals surface area contributed by atoms with Crippen LogP contribution in [0, 0.1) is 5.92 Å². The highest BCUT2D eigenvalue weighted by atomic mass is 13.9. The summed E-state index contributed by atoms with van der Waals surface area (Å²) in [4.78, 5) is 0. The first-order chi connectivity index (χ1) is 5.16. The molecule has 0 saturated heterocycles. The topological polar surface area (TPSA) is 0 Å². The molecule has 0 N–H and O–H groups in total. The van der Waals surface area contributed by atoms with Gasteiger partial charge in [0.05, 0.1) is 0 Å². The van der Waals surface area contributed by atoms with Crippen molar-refractivity contribution in [2.24, 2.45) is 5.92 Å². The Bertz CT molecular complexity index is 138. The van der Waals surface area contributed by atoms with Crippen LogP contribution >= 0.6 is 0 Å². The molecule has 0 aromatic carbocycles. The molecule has 0 fully saturated rings. The summed E-state index contributed by atoms with van der Waals surface area (Å²) in [5.74, 6) is 0.695. The summed E-state index contributed by atoms with van der Waals surface area (Å²) >= 11 is 0. The molecule has 0 aliphatic carbocycles. The van der Waals surface area contributed by atoms with E-state index < -0.39 is 0 Å². The predicted octanol–water partition coefficient (Wildman–Crippen LogP) is 3.95. The van der Waals surface area contributed by atoms with Gasteiger partial charge in [-0.1, -0.05) is 37.6 Å². The first-order valence-electron chi connectivity index (χ1n) is 4.45. The lowest BCUT2D eigenvalue weighted by Crippen LogP contribution is -1.78.